The summed E-state index contributed by atoms with van der Waals surface area (Å²) in [7, 11) is 3.93. The summed E-state index contributed by atoms with van der Waals surface area (Å²) in [4.78, 5) is 2.37. The van der Waals surface area contributed by atoms with Crippen molar-refractivity contribution in [3.63, 3.8) is 0 Å². The van der Waals surface area contributed by atoms with Crippen molar-refractivity contribution in [3.05, 3.63) is 35.1 Å². The maximum Gasteiger partial charge on any atom is 0.132 e. The van der Waals surface area contributed by atoms with Crippen LogP contribution >= 0.6 is 0 Å². The van der Waals surface area contributed by atoms with Crippen LogP contribution in [0.25, 0.3) is 0 Å². The van der Waals surface area contributed by atoms with Gasteiger partial charge in [0.25, 0.3) is 0 Å². The number of piperidine rings is 1. The highest BCUT2D eigenvalue weighted by atomic mass is 19.1. The van der Waals surface area contributed by atoms with Crippen LogP contribution in [0.5, 0.6) is 0 Å². The molecule has 1 aliphatic carbocycles. The molecule has 110 valence electrons. The van der Waals surface area contributed by atoms with Crippen molar-refractivity contribution >= 4 is 0 Å². The molecule has 2 fully saturated rings. The fourth-order valence-corrected chi connectivity index (χ4v) is 4.49. The number of nitrogens with zero attached hydrogens (tertiary/aromatic N) is 1. The van der Waals surface area contributed by atoms with E-state index < -0.39 is 5.60 Å². The zero-order valence-electron chi connectivity index (χ0n) is 12.7. The van der Waals surface area contributed by atoms with Gasteiger partial charge in [-0.1, -0.05) is 24.6 Å². The Kier molecular flexibility index (Phi) is 3.59. The van der Waals surface area contributed by atoms with E-state index in [9.17, 15) is 4.39 Å². The lowest BCUT2D eigenvalue weighted by molar-refractivity contribution is -0.167. The summed E-state index contributed by atoms with van der Waals surface area (Å²) < 4.78 is 20.8. The Labute approximate surface area is 120 Å². The minimum absolute atomic E-state index is 0.0733. The predicted molar refractivity (Wildman–Crippen MR) is 78.2 cm³/mol. The molecule has 0 N–H and O–H groups in total. The second kappa shape index (κ2) is 5.12. The Balaban J connectivity index is 2.13. The lowest BCUT2D eigenvalue weighted by atomic mass is 9.62. The second-order valence-electron chi connectivity index (χ2n) is 6.48. The van der Waals surface area contributed by atoms with Gasteiger partial charge in [-0.3, -0.25) is 0 Å². The van der Waals surface area contributed by atoms with Crippen molar-refractivity contribution in [3.8, 4) is 0 Å². The molecule has 3 heteroatoms. The molecule has 1 heterocycles. The molecule has 0 spiro atoms. The average molecular weight is 277 g/mol. The molecule has 0 aromatic heterocycles. The first-order valence-electron chi connectivity index (χ1n) is 7.59. The van der Waals surface area contributed by atoms with Gasteiger partial charge in [-0.25, -0.2) is 4.39 Å². The van der Waals surface area contributed by atoms with Crippen molar-refractivity contribution in [2.24, 2.45) is 11.8 Å². The van der Waals surface area contributed by atoms with E-state index >= 15 is 0 Å². The first-order valence-corrected chi connectivity index (χ1v) is 7.59. The number of rotatable bonds is 2. The Morgan fingerprint density at radius 3 is 2.50 bits per heavy atom. The molecule has 0 amide bonds. The summed E-state index contributed by atoms with van der Waals surface area (Å²) in [5.41, 5.74) is 1.07. The van der Waals surface area contributed by atoms with Crippen LogP contribution in [0.2, 0.25) is 0 Å². The molecule has 1 aromatic carbocycles. The number of aryl methyl sites for hydroxylation is 1. The molecule has 3 rings (SSSR count). The molecule has 1 saturated carbocycles. The van der Waals surface area contributed by atoms with Gasteiger partial charge in [0.2, 0.25) is 0 Å². The van der Waals surface area contributed by atoms with E-state index in [1.807, 2.05) is 25.1 Å². The van der Waals surface area contributed by atoms with Crippen molar-refractivity contribution in [1.29, 1.82) is 0 Å². The third-order valence-electron chi connectivity index (χ3n) is 5.33. The zero-order valence-corrected chi connectivity index (χ0v) is 12.7. The standard InChI is InChI=1S/C17H24FNO/c1-12-6-4-9-15(16(12)18)17(20-3)13-7-5-8-14(17)11-19(2)10-13/h4,6,9,13-14H,5,7-8,10-11H2,1-3H3. The van der Waals surface area contributed by atoms with E-state index in [1.165, 1.54) is 6.42 Å². The van der Waals surface area contributed by atoms with Crippen LogP contribution in [0.15, 0.2) is 18.2 Å². The molecule has 1 aromatic rings. The lowest BCUT2D eigenvalue weighted by Crippen LogP contribution is -2.58. The van der Waals surface area contributed by atoms with Crippen molar-refractivity contribution in [1.82, 2.24) is 4.90 Å². The van der Waals surface area contributed by atoms with Gasteiger partial charge in [0.05, 0.1) is 0 Å². The van der Waals surface area contributed by atoms with Gasteiger partial charge >= 0.3 is 0 Å². The minimum Gasteiger partial charge on any atom is -0.373 e. The van der Waals surface area contributed by atoms with Gasteiger partial charge in [-0.2, -0.15) is 0 Å². The normalized spacial score (nSPS) is 34.2. The number of benzene rings is 1. The monoisotopic (exact) mass is 277 g/mol. The number of likely N-dealkylation sites (tertiary alicyclic amines) is 1. The molecule has 2 unspecified atom stereocenters. The van der Waals surface area contributed by atoms with Crippen LogP contribution in [0, 0.1) is 24.6 Å². The van der Waals surface area contributed by atoms with E-state index in [2.05, 4.69) is 11.9 Å². The summed E-state index contributed by atoms with van der Waals surface area (Å²) in [6.45, 7) is 3.84. The number of methoxy groups -OCH3 is 1. The Morgan fingerprint density at radius 2 is 1.90 bits per heavy atom. The number of hydrogen-bond acceptors (Lipinski definition) is 2. The molecule has 20 heavy (non-hydrogen) atoms. The fourth-order valence-electron chi connectivity index (χ4n) is 4.49. The number of hydrogen-bond donors (Lipinski definition) is 0. The highest BCUT2D eigenvalue weighted by Gasteiger charge is 2.53. The maximum atomic E-state index is 14.7. The lowest BCUT2D eigenvalue weighted by Gasteiger charge is -2.54. The summed E-state index contributed by atoms with van der Waals surface area (Å²) >= 11 is 0. The van der Waals surface area contributed by atoms with Gasteiger partial charge in [-0.05, 0) is 32.4 Å². The van der Waals surface area contributed by atoms with E-state index in [4.69, 9.17) is 4.74 Å². The SMILES string of the molecule is COC1(c2cccc(C)c2F)C2CCCC1CN(C)C2. The highest BCUT2D eigenvalue weighted by Crippen LogP contribution is 2.51. The van der Waals surface area contributed by atoms with Crippen LogP contribution < -0.4 is 0 Å². The molecule has 2 aliphatic rings. The summed E-state index contributed by atoms with van der Waals surface area (Å²) in [5, 5.41) is 0. The van der Waals surface area contributed by atoms with E-state index in [0.29, 0.717) is 11.8 Å². The first kappa shape index (κ1) is 14.0. The van der Waals surface area contributed by atoms with Crippen LogP contribution in [0.1, 0.15) is 30.4 Å². The third-order valence-corrected chi connectivity index (χ3v) is 5.33. The van der Waals surface area contributed by atoms with Crippen LogP contribution in [0.3, 0.4) is 0 Å². The molecule has 1 saturated heterocycles. The highest BCUT2D eigenvalue weighted by molar-refractivity contribution is 5.33. The molecule has 1 aliphatic heterocycles. The average Bonchev–Trinajstić information content (AvgIpc) is 2.41. The van der Waals surface area contributed by atoms with Crippen molar-refractivity contribution < 1.29 is 9.13 Å². The number of ether oxygens (including phenoxy) is 1. The van der Waals surface area contributed by atoms with Gasteiger partial charge < -0.3 is 9.64 Å². The first-order chi connectivity index (χ1) is 9.59. The smallest absolute Gasteiger partial charge is 0.132 e. The molecule has 2 atom stereocenters. The molecule has 0 radical (unpaired) electrons. The number of fused-ring (bicyclic) bond motifs is 2. The Morgan fingerprint density at radius 1 is 1.25 bits per heavy atom. The maximum absolute atomic E-state index is 14.7. The van der Waals surface area contributed by atoms with Gasteiger partial charge in [0.1, 0.15) is 11.4 Å². The minimum atomic E-state index is -0.430. The van der Waals surface area contributed by atoms with E-state index in [1.54, 1.807) is 7.11 Å². The summed E-state index contributed by atoms with van der Waals surface area (Å²) in [6.07, 6.45) is 3.49. The van der Waals surface area contributed by atoms with Crippen LogP contribution in [-0.4, -0.2) is 32.1 Å². The summed E-state index contributed by atoms with van der Waals surface area (Å²) in [6, 6.07) is 5.73. The Bertz CT molecular complexity index is 488. The Hall–Kier alpha value is -0.930. The topological polar surface area (TPSA) is 12.5 Å². The van der Waals surface area contributed by atoms with E-state index in [0.717, 1.165) is 37.1 Å². The summed E-state index contributed by atoms with van der Waals surface area (Å²) in [5.74, 6) is 0.707. The largest absolute Gasteiger partial charge is 0.373 e. The van der Waals surface area contributed by atoms with Gasteiger partial charge in [-0.15, -0.1) is 0 Å². The fraction of sp³-hybridized carbons (Fsp3) is 0.647. The molecule has 2 bridgehead atoms. The molecular formula is C17H24FNO. The van der Waals surface area contributed by atoms with Crippen LogP contribution in [-0.2, 0) is 10.3 Å². The molecular weight excluding hydrogens is 253 g/mol. The van der Waals surface area contributed by atoms with E-state index in [-0.39, 0.29) is 5.82 Å². The van der Waals surface area contributed by atoms with Gasteiger partial charge in [0.15, 0.2) is 0 Å². The van der Waals surface area contributed by atoms with Crippen molar-refractivity contribution in [2.45, 2.75) is 31.8 Å². The van der Waals surface area contributed by atoms with Gasteiger partial charge in [0, 0.05) is 37.6 Å². The van der Waals surface area contributed by atoms with Crippen LogP contribution in [0.4, 0.5) is 4.39 Å². The predicted octanol–water partition coefficient (Wildman–Crippen LogP) is 3.34. The number of halogens is 1. The van der Waals surface area contributed by atoms with Crippen molar-refractivity contribution in [2.75, 3.05) is 27.2 Å². The third kappa shape index (κ3) is 1.91. The quantitative estimate of drug-likeness (QED) is 0.822. The molecule has 2 nitrogen and oxygen atoms in total. The zero-order chi connectivity index (χ0) is 14.3. The second-order valence-corrected chi connectivity index (χ2v) is 6.48.